The zero-order valence-electron chi connectivity index (χ0n) is 12.0. The first kappa shape index (κ1) is 14.1. The van der Waals surface area contributed by atoms with Gasteiger partial charge in [0.15, 0.2) is 12.1 Å². The van der Waals surface area contributed by atoms with Gasteiger partial charge in [0.25, 0.3) is 0 Å². The van der Waals surface area contributed by atoms with Crippen molar-refractivity contribution in [2.24, 2.45) is 0 Å². The Balaban J connectivity index is 2.13. The summed E-state index contributed by atoms with van der Waals surface area (Å²) in [6.45, 7) is 2.16. The van der Waals surface area contributed by atoms with Crippen molar-refractivity contribution in [1.82, 2.24) is 9.97 Å². The Morgan fingerprint density at radius 3 is 2.86 bits per heavy atom. The molecule has 1 aromatic carbocycles. The number of carbonyl (C=O) groups excluding carboxylic acids is 2. The van der Waals surface area contributed by atoms with E-state index in [1.165, 1.54) is 12.2 Å². The van der Waals surface area contributed by atoms with Gasteiger partial charge < -0.3 is 4.74 Å². The van der Waals surface area contributed by atoms with Gasteiger partial charge in [-0.3, -0.25) is 9.59 Å². The second kappa shape index (κ2) is 5.89. The van der Waals surface area contributed by atoms with Crippen molar-refractivity contribution in [3.05, 3.63) is 59.8 Å². The van der Waals surface area contributed by atoms with E-state index in [-0.39, 0.29) is 5.78 Å². The Labute approximate surface area is 127 Å². The summed E-state index contributed by atoms with van der Waals surface area (Å²) in [5, 5.41) is 0.891. The van der Waals surface area contributed by atoms with Crippen LogP contribution in [0.5, 0.6) is 0 Å². The largest absolute Gasteiger partial charge is 0.496 e. The van der Waals surface area contributed by atoms with E-state index in [1.54, 1.807) is 13.1 Å². The Morgan fingerprint density at radius 1 is 1.27 bits per heavy atom. The van der Waals surface area contributed by atoms with Crippen LogP contribution < -0.4 is 0 Å². The van der Waals surface area contributed by atoms with E-state index in [1.807, 2.05) is 24.3 Å². The van der Waals surface area contributed by atoms with Crippen LogP contribution in [0.2, 0.25) is 0 Å². The van der Waals surface area contributed by atoms with Gasteiger partial charge in [0.1, 0.15) is 17.5 Å². The molecule has 5 heteroatoms. The number of fused-ring (bicyclic) bond motifs is 1. The highest BCUT2D eigenvalue weighted by Crippen LogP contribution is 2.31. The molecule has 1 aromatic heterocycles. The lowest BCUT2D eigenvalue weighted by Gasteiger charge is -2.21. The number of aldehydes is 1. The molecule has 0 N–H and O–H groups in total. The number of para-hydroxylation sites is 1. The van der Waals surface area contributed by atoms with E-state index in [0.717, 1.165) is 10.9 Å². The van der Waals surface area contributed by atoms with Crippen LogP contribution in [0.1, 0.15) is 18.7 Å². The average Bonchev–Trinajstić information content (AvgIpc) is 2.55. The number of ketones is 1. The van der Waals surface area contributed by atoms with Gasteiger partial charge in [0.2, 0.25) is 0 Å². The molecule has 22 heavy (non-hydrogen) atoms. The lowest BCUT2D eigenvalue weighted by atomic mass is 9.92. The van der Waals surface area contributed by atoms with E-state index < -0.39 is 5.92 Å². The Hall–Kier alpha value is -2.82. The van der Waals surface area contributed by atoms with Crippen LogP contribution in [0.25, 0.3) is 10.9 Å². The number of ether oxygens (including phenoxy) is 1. The number of carbonyl (C=O) groups is 2. The van der Waals surface area contributed by atoms with E-state index in [9.17, 15) is 9.59 Å². The lowest BCUT2D eigenvalue weighted by Crippen LogP contribution is -2.22. The summed E-state index contributed by atoms with van der Waals surface area (Å²) in [6, 6.07) is 7.53. The average molecular weight is 294 g/mol. The normalized spacial score (nSPS) is 17.9. The number of hydrogen-bond acceptors (Lipinski definition) is 5. The maximum absolute atomic E-state index is 12.3. The van der Waals surface area contributed by atoms with Crippen molar-refractivity contribution in [1.29, 1.82) is 0 Å². The molecule has 1 heterocycles. The predicted molar refractivity (Wildman–Crippen MR) is 81.1 cm³/mol. The monoisotopic (exact) mass is 294 g/mol. The van der Waals surface area contributed by atoms with Gasteiger partial charge in [-0.05, 0) is 25.1 Å². The smallest absolute Gasteiger partial charge is 0.174 e. The molecule has 5 nitrogen and oxygen atoms in total. The van der Waals surface area contributed by atoms with Gasteiger partial charge in [-0.2, -0.15) is 0 Å². The minimum absolute atomic E-state index is 0.190. The first-order valence-electron chi connectivity index (χ1n) is 7.00. The van der Waals surface area contributed by atoms with Crippen LogP contribution in [0.15, 0.2) is 53.9 Å². The number of rotatable bonds is 4. The van der Waals surface area contributed by atoms with Crippen molar-refractivity contribution in [2.45, 2.75) is 12.8 Å². The Bertz CT molecular complexity index is 808. The highest BCUT2D eigenvalue weighted by molar-refractivity contribution is 6.02. The summed E-state index contributed by atoms with van der Waals surface area (Å²) in [5.74, 6) is -0.296. The van der Waals surface area contributed by atoms with Crippen molar-refractivity contribution in [3.63, 3.8) is 0 Å². The molecular formula is C17H14N2O3. The highest BCUT2D eigenvalue weighted by Gasteiger charge is 2.32. The SMILES string of the molecule is CCOC1=C(C=O)C=CC(=O)C1c1ncc2ccccc2n1. The summed E-state index contributed by atoms with van der Waals surface area (Å²) in [5.41, 5.74) is 1.10. The maximum atomic E-state index is 12.3. The lowest BCUT2D eigenvalue weighted by molar-refractivity contribution is -0.116. The molecule has 3 rings (SSSR count). The minimum Gasteiger partial charge on any atom is -0.496 e. The van der Waals surface area contributed by atoms with E-state index >= 15 is 0 Å². The van der Waals surface area contributed by atoms with Crippen LogP contribution in [0.4, 0.5) is 0 Å². The minimum atomic E-state index is -0.769. The molecule has 0 amide bonds. The molecule has 2 aromatic rings. The fourth-order valence-corrected chi connectivity index (χ4v) is 2.44. The highest BCUT2D eigenvalue weighted by atomic mass is 16.5. The third kappa shape index (κ3) is 2.41. The first-order chi connectivity index (χ1) is 10.7. The van der Waals surface area contributed by atoms with Gasteiger partial charge >= 0.3 is 0 Å². The van der Waals surface area contributed by atoms with Crippen molar-refractivity contribution >= 4 is 23.0 Å². The van der Waals surface area contributed by atoms with Crippen LogP contribution in [0, 0.1) is 0 Å². The molecule has 1 aliphatic carbocycles. The van der Waals surface area contributed by atoms with Crippen LogP contribution >= 0.6 is 0 Å². The third-order valence-electron chi connectivity index (χ3n) is 3.45. The molecule has 1 atom stereocenters. The molecule has 0 saturated carbocycles. The number of aromatic nitrogens is 2. The molecule has 0 bridgehead atoms. The van der Waals surface area contributed by atoms with E-state index in [4.69, 9.17) is 4.74 Å². The molecule has 1 unspecified atom stereocenters. The first-order valence-corrected chi connectivity index (χ1v) is 7.00. The number of benzene rings is 1. The van der Waals surface area contributed by atoms with Gasteiger partial charge in [0.05, 0.1) is 17.7 Å². The van der Waals surface area contributed by atoms with Crippen molar-refractivity contribution < 1.29 is 14.3 Å². The summed E-state index contributed by atoms with van der Waals surface area (Å²) in [4.78, 5) is 32.2. The topological polar surface area (TPSA) is 69.2 Å². The number of nitrogens with zero attached hydrogens (tertiary/aromatic N) is 2. The second-order valence-corrected chi connectivity index (χ2v) is 4.83. The van der Waals surface area contributed by atoms with Crippen LogP contribution in [-0.4, -0.2) is 28.6 Å². The van der Waals surface area contributed by atoms with Crippen LogP contribution in [0.3, 0.4) is 0 Å². The Kier molecular flexibility index (Phi) is 3.78. The van der Waals surface area contributed by atoms with E-state index in [2.05, 4.69) is 9.97 Å². The van der Waals surface area contributed by atoms with Crippen molar-refractivity contribution in [3.8, 4) is 0 Å². The van der Waals surface area contributed by atoms with E-state index in [0.29, 0.717) is 30.0 Å². The maximum Gasteiger partial charge on any atom is 0.174 e. The summed E-state index contributed by atoms with van der Waals surface area (Å²) < 4.78 is 5.53. The molecule has 0 spiro atoms. The molecule has 0 saturated heterocycles. The van der Waals surface area contributed by atoms with Gasteiger partial charge in [-0.25, -0.2) is 9.97 Å². The summed E-state index contributed by atoms with van der Waals surface area (Å²) >= 11 is 0. The zero-order chi connectivity index (χ0) is 15.5. The molecule has 1 aliphatic rings. The predicted octanol–water partition coefficient (Wildman–Crippen LogP) is 2.34. The molecule has 0 radical (unpaired) electrons. The molecule has 0 fully saturated rings. The molecule has 110 valence electrons. The second-order valence-electron chi connectivity index (χ2n) is 4.83. The third-order valence-corrected chi connectivity index (χ3v) is 3.45. The molecular weight excluding hydrogens is 280 g/mol. The standard InChI is InChI=1S/C17H14N2O3/c1-2-22-16-12(10-20)7-8-14(21)15(16)17-18-9-11-5-3-4-6-13(11)19-17/h3-10,15H,2H2,1H3. The zero-order valence-corrected chi connectivity index (χ0v) is 12.0. The summed E-state index contributed by atoms with van der Waals surface area (Å²) in [7, 11) is 0. The fraction of sp³-hybridized carbons (Fsp3) is 0.176. The number of hydrogen-bond donors (Lipinski definition) is 0. The van der Waals surface area contributed by atoms with Gasteiger partial charge in [0, 0.05) is 11.6 Å². The fourth-order valence-electron chi connectivity index (χ4n) is 2.44. The quantitative estimate of drug-likeness (QED) is 0.810. The number of allylic oxidation sites excluding steroid dienone is 4. The summed E-state index contributed by atoms with van der Waals surface area (Å²) in [6.07, 6.45) is 5.20. The molecule has 0 aliphatic heterocycles. The van der Waals surface area contributed by atoms with Crippen molar-refractivity contribution in [2.75, 3.05) is 6.61 Å². The van der Waals surface area contributed by atoms with Crippen LogP contribution in [-0.2, 0) is 14.3 Å². The Morgan fingerprint density at radius 2 is 2.09 bits per heavy atom. The van der Waals surface area contributed by atoms with Gasteiger partial charge in [-0.15, -0.1) is 0 Å². The van der Waals surface area contributed by atoms with Gasteiger partial charge in [-0.1, -0.05) is 18.2 Å².